The maximum atomic E-state index is 11.8. The highest BCUT2D eigenvalue weighted by Gasteiger charge is 2.28. The van der Waals surface area contributed by atoms with Crippen molar-refractivity contribution >= 4 is 10.0 Å². The molecule has 23 heavy (non-hydrogen) atoms. The van der Waals surface area contributed by atoms with Gasteiger partial charge in [0.05, 0.1) is 12.4 Å². The maximum Gasteiger partial charge on any atom is 0.211 e. The molecule has 0 bridgehead atoms. The van der Waals surface area contributed by atoms with Crippen LogP contribution >= 0.6 is 0 Å². The molecule has 5 heteroatoms. The van der Waals surface area contributed by atoms with Crippen LogP contribution in [0.5, 0.6) is 5.75 Å². The van der Waals surface area contributed by atoms with Crippen LogP contribution in [-0.2, 0) is 10.0 Å². The Bertz CT molecular complexity index is 581. The first kappa shape index (κ1) is 18.3. The van der Waals surface area contributed by atoms with Gasteiger partial charge in [0, 0.05) is 12.0 Å². The van der Waals surface area contributed by atoms with Crippen LogP contribution in [0.25, 0.3) is 0 Å². The van der Waals surface area contributed by atoms with E-state index in [1.807, 2.05) is 12.1 Å². The third-order valence-corrected chi connectivity index (χ3v) is 6.05. The number of nitrogens with one attached hydrogen (secondary N) is 1. The fourth-order valence-electron chi connectivity index (χ4n) is 3.03. The van der Waals surface area contributed by atoms with Gasteiger partial charge in [-0.2, -0.15) is 0 Å². The summed E-state index contributed by atoms with van der Waals surface area (Å²) in [7, 11) is -3.16. The zero-order valence-electron chi connectivity index (χ0n) is 14.4. The minimum Gasteiger partial charge on any atom is -0.493 e. The Morgan fingerprint density at radius 2 is 1.83 bits per heavy atom. The highest BCUT2D eigenvalue weighted by molar-refractivity contribution is 7.89. The standard InChI is InChI=1S/C18H29NO3S/c1-4-23(20,21)19-18-8-6-5-7-16(18)13-22-17-11-9-15(10-12-17)14(2)3/h9-12,14,16,18-19H,4-8,13H2,1-3H3/t16-,18+/m0/s1. The van der Waals surface area contributed by atoms with E-state index in [0.29, 0.717) is 12.5 Å². The monoisotopic (exact) mass is 339 g/mol. The summed E-state index contributed by atoms with van der Waals surface area (Å²) in [6.07, 6.45) is 4.14. The Labute approximate surface area is 140 Å². The zero-order valence-corrected chi connectivity index (χ0v) is 15.2. The van der Waals surface area contributed by atoms with Crippen LogP contribution in [-0.4, -0.2) is 26.8 Å². The number of hydrogen-bond acceptors (Lipinski definition) is 3. The summed E-state index contributed by atoms with van der Waals surface area (Å²) in [6.45, 7) is 6.58. The molecule has 1 aromatic rings. The van der Waals surface area contributed by atoms with Crippen molar-refractivity contribution in [3.05, 3.63) is 29.8 Å². The first-order valence-electron chi connectivity index (χ1n) is 8.64. The van der Waals surface area contributed by atoms with E-state index < -0.39 is 10.0 Å². The summed E-state index contributed by atoms with van der Waals surface area (Å²) < 4.78 is 32.4. The molecule has 1 N–H and O–H groups in total. The number of hydrogen-bond donors (Lipinski definition) is 1. The molecule has 1 aromatic carbocycles. The maximum absolute atomic E-state index is 11.8. The summed E-state index contributed by atoms with van der Waals surface area (Å²) in [6, 6.07) is 8.20. The van der Waals surface area contributed by atoms with E-state index in [0.717, 1.165) is 31.4 Å². The molecule has 2 rings (SSSR count). The van der Waals surface area contributed by atoms with Crippen molar-refractivity contribution in [3.8, 4) is 5.75 Å². The summed E-state index contributed by atoms with van der Waals surface area (Å²) in [5, 5.41) is 0. The van der Waals surface area contributed by atoms with Crippen molar-refractivity contribution in [2.24, 2.45) is 5.92 Å². The second-order valence-corrected chi connectivity index (χ2v) is 8.75. The van der Waals surface area contributed by atoms with Crippen LogP contribution in [0.3, 0.4) is 0 Å². The Kier molecular flexibility index (Phi) is 6.48. The number of sulfonamides is 1. The van der Waals surface area contributed by atoms with E-state index in [2.05, 4.69) is 30.7 Å². The lowest BCUT2D eigenvalue weighted by atomic mass is 9.86. The summed E-state index contributed by atoms with van der Waals surface area (Å²) in [5.41, 5.74) is 1.29. The molecule has 1 aliphatic carbocycles. The summed E-state index contributed by atoms with van der Waals surface area (Å²) in [4.78, 5) is 0. The molecular weight excluding hydrogens is 310 g/mol. The largest absolute Gasteiger partial charge is 0.493 e. The normalized spacial score (nSPS) is 22.3. The Morgan fingerprint density at radius 3 is 2.43 bits per heavy atom. The van der Waals surface area contributed by atoms with Crippen molar-refractivity contribution in [3.63, 3.8) is 0 Å². The van der Waals surface area contributed by atoms with Crippen molar-refractivity contribution in [2.45, 2.75) is 58.4 Å². The van der Waals surface area contributed by atoms with E-state index >= 15 is 0 Å². The van der Waals surface area contributed by atoms with Gasteiger partial charge >= 0.3 is 0 Å². The second kappa shape index (κ2) is 8.15. The van der Waals surface area contributed by atoms with E-state index in [1.165, 1.54) is 5.56 Å². The first-order valence-corrected chi connectivity index (χ1v) is 10.3. The van der Waals surface area contributed by atoms with Crippen molar-refractivity contribution < 1.29 is 13.2 Å². The van der Waals surface area contributed by atoms with Gasteiger partial charge < -0.3 is 4.74 Å². The molecule has 0 spiro atoms. The van der Waals surface area contributed by atoms with Crippen LogP contribution in [0.15, 0.2) is 24.3 Å². The third kappa shape index (κ3) is 5.50. The minimum absolute atomic E-state index is 0.00337. The fraction of sp³-hybridized carbons (Fsp3) is 0.667. The van der Waals surface area contributed by atoms with E-state index in [4.69, 9.17) is 4.74 Å². The van der Waals surface area contributed by atoms with Gasteiger partial charge in [-0.25, -0.2) is 13.1 Å². The summed E-state index contributed by atoms with van der Waals surface area (Å²) in [5.74, 6) is 1.75. The molecule has 0 amide bonds. The molecule has 0 heterocycles. The molecule has 0 radical (unpaired) electrons. The van der Waals surface area contributed by atoms with Gasteiger partial charge in [0.2, 0.25) is 10.0 Å². The van der Waals surface area contributed by atoms with Gasteiger partial charge in [-0.1, -0.05) is 38.8 Å². The fourth-order valence-corrected chi connectivity index (χ4v) is 3.97. The smallest absolute Gasteiger partial charge is 0.211 e. The quantitative estimate of drug-likeness (QED) is 0.824. The molecule has 4 nitrogen and oxygen atoms in total. The predicted molar refractivity (Wildman–Crippen MR) is 94.4 cm³/mol. The van der Waals surface area contributed by atoms with E-state index in [9.17, 15) is 8.42 Å². The van der Waals surface area contributed by atoms with Gasteiger partial charge in [-0.15, -0.1) is 0 Å². The first-order chi connectivity index (χ1) is 10.9. The molecule has 0 unspecified atom stereocenters. The highest BCUT2D eigenvalue weighted by atomic mass is 32.2. The van der Waals surface area contributed by atoms with Gasteiger partial charge in [0.25, 0.3) is 0 Å². The lowest BCUT2D eigenvalue weighted by Gasteiger charge is -2.31. The molecular formula is C18H29NO3S. The minimum atomic E-state index is -3.16. The van der Waals surface area contributed by atoms with Gasteiger partial charge in [0.1, 0.15) is 5.75 Å². The molecule has 1 fully saturated rings. The Hall–Kier alpha value is -1.07. The van der Waals surface area contributed by atoms with Gasteiger partial charge in [-0.05, 0) is 43.4 Å². The lowest BCUT2D eigenvalue weighted by Crippen LogP contribution is -2.44. The van der Waals surface area contributed by atoms with Gasteiger partial charge in [0.15, 0.2) is 0 Å². The average Bonchev–Trinajstić information content (AvgIpc) is 2.54. The topological polar surface area (TPSA) is 55.4 Å². The van der Waals surface area contributed by atoms with Crippen molar-refractivity contribution in [1.82, 2.24) is 4.72 Å². The molecule has 1 aliphatic rings. The van der Waals surface area contributed by atoms with Crippen LogP contribution in [0.2, 0.25) is 0 Å². The molecule has 2 atom stereocenters. The zero-order chi connectivity index (χ0) is 16.9. The van der Waals surface area contributed by atoms with E-state index in [1.54, 1.807) is 6.92 Å². The Morgan fingerprint density at radius 1 is 1.17 bits per heavy atom. The summed E-state index contributed by atoms with van der Waals surface area (Å²) >= 11 is 0. The van der Waals surface area contributed by atoms with Crippen LogP contribution in [0, 0.1) is 5.92 Å². The predicted octanol–water partition coefficient (Wildman–Crippen LogP) is 3.69. The molecule has 1 saturated carbocycles. The number of rotatable bonds is 7. The van der Waals surface area contributed by atoms with Crippen molar-refractivity contribution in [2.75, 3.05) is 12.4 Å². The molecule has 0 aliphatic heterocycles. The van der Waals surface area contributed by atoms with Crippen LogP contribution in [0.1, 0.15) is 57.9 Å². The number of benzene rings is 1. The SMILES string of the molecule is CCS(=O)(=O)N[C@@H]1CCCC[C@H]1COc1ccc(C(C)C)cc1. The molecule has 0 saturated heterocycles. The molecule has 130 valence electrons. The number of ether oxygens (including phenoxy) is 1. The third-order valence-electron chi connectivity index (χ3n) is 4.63. The lowest BCUT2D eigenvalue weighted by molar-refractivity contribution is 0.180. The van der Waals surface area contributed by atoms with E-state index in [-0.39, 0.29) is 17.7 Å². The van der Waals surface area contributed by atoms with Crippen molar-refractivity contribution in [1.29, 1.82) is 0 Å². The molecule has 0 aromatic heterocycles. The second-order valence-electron chi connectivity index (χ2n) is 6.71. The van der Waals surface area contributed by atoms with Crippen LogP contribution in [0.4, 0.5) is 0 Å². The van der Waals surface area contributed by atoms with Crippen LogP contribution < -0.4 is 9.46 Å². The van der Waals surface area contributed by atoms with Gasteiger partial charge in [-0.3, -0.25) is 0 Å². The average molecular weight is 340 g/mol. The highest BCUT2D eigenvalue weighted by Crippen LogP contribution is 2.26. The Balaban J connectivity index is 1.94.